The van der Waals surface area contributed by atoms with Gasteiger partial charge in [-0.15, -0.1) is 0 Å². The highest BCUT2D eigenvalue weighted by Gasteiger charge is 2.36. The van der Waals surface area contributed by atoms with Gasteiger partial charge in [-0.25, -0.2) is 4.79 Å². The van der Waals surface area contributed by atoms with Crippen LogP contribution in [0.1, 0.15) is 50.4 Å². The maximum atomic E-state index is 12.6. The van der Waals surface area contributed by atoms with Gasteiger partial charge in [-0.1, -0.05) is 19.0 Å². The first-order chi connectivity index (χ1) is 10.2. The van der Waals surface area contributed by atoms with Crippen LogP contribution in [0.15, 0.2) is 4.52 Å². The minimum atomic E-state index is -0.0830. The number of amides is 2. The predicted molar refractivity (Wildman–Crippen MR) is 74.9 cm³/mol. The molecule has 0 bridgehead atoms. The molecule has 1 unspecified atom stereocenters. The van der Waals surface area contributed by atoms with E-state index in [1.54, 1.807) is 0 Å². The number of urea groups is 1. The van der Waals surface area contributed by atoms with E-state index in [0.29, 0.717) is 38.0 Å². The second-order valence-electron chi connectivity index (χ2n) is 5.88. The second-order valence-corrected chi connectivity index (χ2v) is 5.88. The van der Waals surface area contributed by atoms with Crippen LogP contribution in [0, 0.1) is 0 Å². The molecule has 0 saturated carbocycles. The van der Waals surface area contributed by atoms with Crippen molar-refractivity contribution >= 4 is 6.03 Å². The van der Waals surface area contributed by atoms with Crippen LogP contribution >= 0.6 is 0 Å². The fraction of sp³-hybridized carbons (Fsp3) is 0.786. The minimum absolute atomic E-state index is 0.0603. The first-order valence-electron chi connectivity index (χ1n) is 7.63. The molecule has 2 saturated heterocycles. The summed E-state index contributed by atoms with van der Waals surface area (Å²) >= 11 is 0. The van der Waals surface area contributed by atoms with Gasteiger partial charge in [0.05, 0.1) is 13.2 Å². The highest BCUT2D eigenvalue weighted by molar-refractivity contribution is 5.75. The van der Waals surface area contributed by atoms with Crippen molar-refractivity contribution in [1.82, 2.24) is 19.9 Å². The molecular weight excluding hydrogens is 272 g/mol. The molecule has 116 valence electrons. The van der Waals surface area contributed by atoms with Crippen LogP contribution in [0.4, 0.5) is 4.79 Å². The Morgan fingerprint density at radius 3 is 2.71 bits per heavy atom. The Hall–Kier alpha value is -1.63. The first-order valence-corrected chi connectivity index (χ1v) is 7.63. The topological polar surface area (TPSA) is 71.7 Å². The number of aromatic nitrogens is 2. The van der Waals surface area contributed by atoms with E-state index in [4.69, 9.17) is 9.26 Å². The number of carbonyl (C=O) groups excluding carboxylic acids is 1. The summed E-state index contributed by atoms with van der Waals surface area (Å²) in [5.41, 5.74) is 0. The van der Waals surface area contributed by atoms with Gasteiger partial charge in [-0.05, 0) is 12.8 Å². The average Bonchev–Trinajstić information content (AvgIpc) is 3.16. The van der Waals surface area contributed by atoms with Crippen LogP contribution in [-0.2, 0) is 4.74 Å². The molecule has 1 aromatic heterocycles. The Kier molecular flexibility index (Phi) is 4.10. The van der Waals surface area contributed by atoms with Gasteiger partial charge in [0.25, 0.3) is 0 Å². The van der Waals surface area contributed by atoms with Crippen molar-refractivity contribution in [3.05, 3.63) is 11.7 Å². The maximum absolute atomic E-state index is 12.6. The number of carbonyl (C=O) groups is 1. The van der Waals surface area contributed by atoms with Gasteiger partial charge in [0, 0.05) is 25.6 Å². The summed E-state index contributed by atoms with van der Waals surface area (Å²) in [7, 11) is 0. The molecule has 3 rings (SSSR count). The lowest BCUT2D eigenvalue weighted by Gasteiger charge is -2.32. The molecule has 2 aliphatic heterocycles. The zero-order chi connectivity index (χ0) is 14.8. The summed E-state index contributed by atoms with van der Waals surface area (Å²) in [6.07, 6.45) is 1.86. The molecule has 0 aromatic carbocycles. The Bertz CT molecular complexity index is 496. The highest BCUT2D eigenvalue weighted by Crippen LogP contribution is 2.32. The molecule has 21 heavy (non-hydrogen) atoms. The van der Waals surface area contributed by atoms with Gasteiger partial charge in [-0.3, -0.25) is 0 Å². The molecule has 0 N–H and O–H groups in total. The average molecular weight is 294 g/mol. The van der Waals surface area contributed by atoms with E-state index in [1.165, 1.54) is 0 Å². The van der Waals surface area contributed by atoms with Gasteiger partial charge in [0.2, 0.25) is 5.89 Å². The fourth-order valence-electron chi connectivity index (χ4n) is 2.81. The zero-order valence-corrected chi connectivity index (χ0v) is 12.6. The number of morpholine rings is 1. The summed E-state index contributed by atoms with van der Waals surface area (Å²) in [4.78, 5) is 20.8. The lowest BCUT2D eigenvalue weighted by atomic mass is 10.2. The first kappa shape index (κ1) is 14.3. The van der Waals surface area contributed by atoms with Crippen LogP contribution in [0.2, 0.25) is 0 Å². The largest absolute Gasteiger partial charge is 0.378 e. The molecule has 2 fully saturated rings. The van der Waals surface area contributed by atoms with Crippen LogP contribution < -0.4 is 0 Å². The molecule has 2 amide bonds. The van der Waals surface area contributed by atoms with Gasteiger partial charge in [0.1, 0.15) is 6.04 Å². The van der Waals surface area contributed by atoms with Crippen LogP contribution in [0.3, 0.4) is 0 Å². The summed E-state index contributed by atoms with van der Waals surface area (Å²) in [5.74, 6) is 1.50. The fourth-order valence-corrected chi connectivity index (χ4v) is 2.81. The van der Waals surface area contributed by atoms with Crippen molar-refractivity contribution < 1.29 is 14.1 Å². The van der Waals surface area contributed by atoms with Gasteiger partial charge < -0.3 is 19.1 Å². The van der Waals surface area contributed by atoms with Crippen LogP contribution in [0.5, 0.6) is 0 Å². The Morgan fingerprint density at radius 1 is 1.29 bits per heavy atom. The van der Waals surface area contributed by atoms with Gasteiger partial charge in [0.15, 0.2) is 5.82 Å². The maximum Gasteiger partial charge on any atom is 0.320 e. The highest BCUT2D eigenvalue weighted by atomic mass is 16.5. The van der Waals surface area contributed by atoms with Crippen molar-refractivity contribution in [2.45, 2.75) is 38.6 Å². The third kappa shape index (κ3) is 2.88. The molecule has 0 radical (unpaired) electrons. The standard InChI is InChI=1S/C14H22N4O3/c1-10(2)12-15-13(21-16-12)11-4-3-5-18(11)14(19)17-6-8-20-9-7-17/h10-11H,3-9H2,1-2H3. The van der Waals surface area contributed by atoms with E-state index in [9.17, 15) is 4.79 Å². The summed E-state index contributed by atoms with van der Waals surface area (Å²) < 4.78 is 10.7. The molecule has 0 spiro atoms. The number of rotatable bonds is 2. The van der Waals surface area contributed by atoms with Crippen molar-refractivity contribution in [1.29, 1.82) is 0 Å². The Morgan fingerprint density at radius 2 is 2.05 bits per heavy atom. The number of hydrogen-bond acceptors (Lipinski definition) is 5. The molecule has 1 aromatic rings. The third-order valence-corrected chi connectivity index (χ3v) is 4.04. The molecule has 0 aliphatic carbocycles. The third-order valence-electron chi connectivity index (χ3n) is 4.04. The second kappa shape index (κ2) is 6.01. The molecular formula is C14H22N4O3. The lowest BCUT2D eigenvalue weighted by Crippen LogP contribution is -2.47. The number of hydrogen-bond donors (Lipinski definition) is 0. The molecule has 7 heteroatoms. The van der Waals surface area contributed by atoms with E-state index in [1.807, 2.05) is 23.6 Å². The number of likely N-dealkylation sites (tertiary alicyclic amines) is 1. The van der Waals surface area contributed by atoms with Crippen LogP contribution in [-0.4, -0.2) is 58.8 Å². The van der Waals surface area contributed by atoms with Gasteiger partial charge >= 0.3 is 6.03 Å². The van der Waals surface area contributed by atoms with Crippen molar-refractivity contribution in [3.8, 4) is 0 Å². The van der Waals surface area contributed by atoms with Gasteiger partial charge in [-0.2, -0.15) is 4.98 Å². The van der Waals surface area contributed by atoms with E-state index >= 15 is 0 Å². The van der Waals surface area contributed by atoms with Crippen molar-refractivity contribution in [2.24, 2.45) is 0 Å². The van der Waals surface area contributed by atoms with Crippen LogP contribution in [0.25, 0.3) is 0 Å². The normalized spacial score (nSPS) is 23.1. The minimum Gasteiger partial charge on any atom is -0.378 e. The number of nitrogens with zero attached hydrogens (tertiary/aromatic N) is 4. The molecule has 3 heterocycles. The SMILES string of the molecule is CC(C)c1noc(C2CCCN2C(=O)N2CCOCC2)n1. The molecule has 1 atom stereocenters. The quantitative estimate of drug-likeness (QED) is 0.831. The molecule has 7 nitrogen and oxygen atoms in total. The summed E-state index contributed by atoms with van der Waals surface area (Å²) in [5, 5.41) is 4.01. The smallest absolute Gasteiger partial charge is 0.320 e. The van der Waals surface area contributed by atoms with E-state index in [-0.39, 0.29) is 18.0 Å². The van der Waals surface area contributed by atoms with Crippen molar-refractivity contribution in [2.75, 3.05) is 32.8 Å². The Labute approximate surface area is 124 Å². The predicted octanol–water partition coefficient (Wildman–Crippen LogP) is 1.78. The summed E-state index contributed by atoms with van der Waals surface area (Å²) in [6.45, 7) is 7.34. The van der Waals surface area contributed by atoms with E-state index in [0.717, 1.165) is 19.4 Å². The zero-order valence-electron chi connectivity index (χ0n) is 12.6. The number of ether oxygens (including phenoxy) is 1. The monoisotopic (exact) mass is 294 g/mol. The Balaban J connectivity index is 1.73. The van der Waals surface area contributed by atoms with E-state index < -0.39 is 0 Å². The molecule has 2 aliphatic rings. The lowest BCUT2D eigenvalue weighted by molar-refractivity contribution is 0.0410. The summed E-state index contributed by atoms with van der Waals surface area (Å²) in [6, 6.07) is -0.0227. The van der Waals surface area contributed by atoms with E-state index in [2.05, 4.69) is 10.1 Å². The van der Waals surface area contributed by atoms with Crippen molar-refractivity contribution in [3.63, 3.8) is 0 Å².